The van der Waals surface area contributed by atoms with Crippen LogP contribution in [0.1, 0.15) is 55.2 Å². The highest BCUT2D eigenvalue weighted by Crippen LogP contribution is 2.30. The first kappa shape index (κ1) is 22.9. The van der Waals surface area contributed by atoms with E-state index in [0.717, 1.165) is 40.9 Å². The minimum atomic E-state index is -2.46. The minimum absolute atomic E-state index is 0.0300. The predicted molar refractivity (Wildman–Crippen MR) is 135 cm³/mol. The number of aromatic nitrogens is 4. The molecule has 5 rings (SSSR count). The summed E-state index contributed by atoms with van der Waals surface area (Å²) in [5.74, 6) is 4.06. The van der Waals surface area contributed by atoms with Crippen LogP contribution in [0.2, 0.25) is 0 Å². The summed E-state index contributed by atoms with van der Waals surface area (Å²) < 4.78 is 18.8. The smallest absolute Gasteiger partial charge is 0.251 e. The summed E-state index contributed by atoms with van der Waals surface area (Å²) >= 11 is 0. The molecule has 2 aliphatic rings. The van der Waals surface area contributed by atoms with Gasteiger partial charge in [0.1, 0.15) is 5.69 Å². The number of nitrogens with one attached hydrogen (secondary N) is 1. The number of hydrogen-bond donors (Lipinski definition) is 1. The van der Waals surface area contributed by atoms with E-state index in [1.165, 1.54) is 0 Å². The molecule has 1 saturated carbocycles. The van der Waals surface area contributed by atoms with Gasteiger partial charge in [-0.3, -0.25) is 13.7 Å². The second-order valence-corrected chi connectivity index (χ2v) is 13.3. The summed E-state index contributed by atoms with van der Waals surface area (Å²) in [7, 11) is -2.46. The van der Waals surface area contributed by atoms with Crippen molar-refractivity contribution in [1.82, 2.24) is 29.2 Å². The maximum atomic E-state index is 13.5. The van der Waals surface area contributed by atoms with Gasteiger partial charge >= 0.3 is 0 Å². The first-order chi connectivity index (χ1) is 16.0. The number of benzene rings is 1. The zero-order chi connectivity index (χ0) is 24.3. The monoisotopic (exact) mass is 480 g/mol. The second-order valence-electron chi connectivity index (χ2n) is 10.3. The van der Waals surface area contributed by atoms with E-state index in [1.54, 1.807) is 0 Å². The molecule has 1 aliphatic heterocycles. The first-order valence-electron chi connectivity index (χ1n) is 11.7. The summed E-state index contributed by atoms with van der Waals surface area (Å²) in [6.07, 6.45) is 7.71. The van der Waals surface area contributed by atoms with E-state index in [4.69, 9.17) is 0 Å². The molecule has 34 heavy (non-hydrogen) atoms. The Balaban J connectivity index is 1.44. The Morgan fingerprint density at radius 2 is 1.94 bits per heavy atom. The highest BCUT2D eigenvalue weighted by Gasteiger charge is 2.33. The lowest BCUT2D eigenvalue weighted by molar-refractivity contribution is 0.0951. The van der Waals surface area contributed by atoms with E-state index in [-0.39, 0.29) is 5.91 Å². The zero-order valence-corrected chi connectivity index (χ0v) is 21.1. The summed E-state index contributed by atoms with van der Waals surface area (Å²) in [5, 5.41) is 12.2. The third kappa shape index (κ3) is 4.07. The summed E-state index contributed by atoms with van der Waals surface area (Å²) in [6, 6.07) is 6.10. The van der Waals surface area contributed by atoms with Crippen LogP contribution in [0.25, 0.3) is 16.8 Å². The number of carbonyl (C=O) groups is 1. The van der Waals surface area contributed by atoms with Gasteiger partial charge < -0.3 is 5.32 Å². The number of nitrogens with zero attached hydrogens (tertiary/aromatic N) is 5. The number of fused-ring (bicyclic) bond motifs is 1. The van der Waals surface area contributed by atoms with Crippen molar-refractivity contribution < 1.29 is 9.00 Å². The molecule has 2 aromatic heterocycles. The van der Waals surface area contributed by atoms with Gasteiger partial charge in [0, 0.05) is 44.4 Å². The van der Waals surface area contributed by atoms with Crippen molar-refractivity contribution in [3.63, 3.8) is 0 Å². The molecular formula is C25H32N6O2S. The van der Waals surface area contributed by atoms with Gasteiger partial charge in [0.2, 0.25) is 0 Å². The van der Waals surface area contributed by atoms with Crippen molar-refractivity contribution >= 4 is 21.5 Å². The molecule has 1 amide bonds. The molecule has 9 heteroatoms. The number of hydrogen-bond acceptors (Lipinski definition) is 4. The van der Waals surface area contributed by atoms with Crippen molar-refractivity contribution in [1.29, 1.82) is 0 Å². The minimum Gasteiger partial charge on any atom is -0.349 e. The fourth-order valence-corrected chi connectivity index (χ4v) is 5.69. The average Bonchev–Trinajstić information content (AvgIpc) is 3.30. The molecule has 3 aromatic rings. The first-order valence-corrected chi connectivity index (χ1v) is 13.4. The van der Waals surface area contributed by atoms with E-state index in [1.807, 2.05) is 78.2 Å². The number of carbonyl (C=O) groups excluding carboxylic acids is 1. The molecule has 8 nitrogen and oxygen atoms in total. The number of aryl methyl sites for hydroxylation is 1. The fourth-order valence-electron chi connectivity index (χ4n) is 4.20. The Morgan fingerprint density at radius 1 is 1.18 bits per heavy atom. The van der Waals surface area contributed by atoms with Crippen molar-refractivity contribution in [3.05, 3.63) is 53.6 Å². The van der Waals surface area contributed by atoms with Gasteiger partial charge in [-0.1, -0.05) is 6.07 Å². The van der Waals surface area contributed by atoms with Gasteiger partial charge in [0.15, 0.2) is 0 Å². The van der Waals surface area contributed by atoms with Crippen molar-refractivity contribution in [2.75, 3.05) is 6.54 Å². The highest BCUT2D eigenvalue weighted by atomic mass is 32.2. The molecule has 1 aromatic carbocycles. The summed E-state index contributed by atoms with van der Waals surface area (Å²) in [6.45, 7) is 9.74. The van der Waals surface area contributed by atoms with Crippen LogP contribution in [0.3, 0.4) is 0 Å². The molecule has 180 valence electrons. The van der Waals surface area contributed by atoms with E-state index in [9.17, 15) is 9.00 Å². The predicted octanol–water partition coefficient (Wildman–Crippen LogP) is 3.18. The van der Waals surface area contributed by atoms with Gasteiger partial charge in [0.25, 0.3) is 5.91 Å². The molecule has 0 radical (unpaired) electrons. The topological polar surface area (TPSA) is 85.0 Å². The molecule has 0 spiro atoms. The lowest BCUT2D eigenvalue weighted by Gasteiger charge is -2.37. The molecule has 1 fully saturated rings. The van der Waals surface area contributed by atoms with E-state index >= 15 is 0 Å². The maximum absolute atomic E-state index is 13.5. The van der Waals surface area contributed by atoms with E-state index in [0.29, 0.717) is 31.2 Å². The summed E-state index contributed by atoms with van der Waals surface area (Å²) in [5.41, 5.74) is 5.47. The lowest BCUT2D eigenvalue weighted by atomic mass is 10.0. The fraction of sp³-hybridized carbons (Fsp3) is 0.440. The number of amides is 1. The van der Waals surface area contributed by atoms with Gasteiger partial charge in [0.05, 0.1) is 31.2 Å². The Hall–Kier alpha value is -2.91. The van der Waals surface area contributed by atoms with Crippen LogP contribution in [0, 0.1) is 6.92 Å². The maximum Gasteiger partial charge on any atom is 0.251 e. The van der Waals surface area contributed by atoms with E-state index < -0.39 is 14.5 Å². The van der Waals surface area contributed by atoms with Crippen molar-refractivity contribution in [2.45, 2.75) is 64.4 Å². The average molecular weight is 481 g/mol. The molecule has 0 saturated heterocycles. The third-order valence-corrected chi connectivity index (χ3v) is 9.80. The van der Waals surface area contributed by atoms with Gasteiger partial charge in [-0.2, -0.15) is 10.2 Å². The largest absolute Gasteiger partial charge is 0.349 e. The van der Waals surface area contributed by atoms with Gasteiger partial charge in [-0.15, -0.1) is 0 Å². The standard InChI is InChI=1S/C25H32N6O2S/c1-17-6-7-18(24(32)28-20-8-9-20)12-21(17)19-13-26-31(15-19)22-14-27-30-11-10-29(16-23(22)30)34(5,33)25(2,3)4/h6-7,12-15,20H,5,8-11,16H2,1-4H3,(H,28,32). The Kier molecular flexibility index (Phi) is 5.44. The zero-order valence-electron chi connectivity index (χ0n) is 20.2. The highest BCUT2D eigenvalue weighted by molar-refractivity contribution is 7.99. The van der Waals surface area contributed by atoms with E-state index in [2.05, 4.69) is 21.4 Å². The van der Waals surface area contributed by atoms with Crippen LogP contribution in [-0.4, -0.2) is 57.2 Å². The van der Waals surface area contributed by atoms with Crippen LogP contribution in [0.4, 0.5) is 0 Å². The molecular weight excluding hydrogens is 448 g/mol. The van der Waals surface area contributed by atoms with Crippen molar-refractivity contribution in [2.24, 2.45) is 0 Å². The molecule has 3 heterocycles. The van der Waals surface area contributed by atoms with Crippen LogP contribution in [0.15, 0.2) is 36.8 Å². The van der Waals surface area contributed by atoms with Gasteiger partial charge in [-0.05, 0) is 69.7 Å². The quantitative estimate of drug-likeness (QED) is 0.569. The second kappa shape index (κ2) is 8.09. The van der Waals surface area contributed by atoms with Crippen LogP contribution >= 0.6 is 0 Å². The summed E-state index contributed by atoms with van der Waals surface area (Å²) in [4.78, 5) is 12.5. The normalized spacial score (nSPS) is 18.4. The number of rotatable bonds is 5. The molecule has 1 atom stereocenters. The molecule has 0 bridgehead atoms. The van der Waals surface area contributed by atoms with Gasteiger partial charge in [-0.25, -0.2) is 8.99 Å². The van der Waals surface area contributed by atoms with Crippen molar-refractivity contribution in [3.8, 4) is 16.8 Å². The Morgan fingerprint density at radius 3 is 2.65 bits per heavy atom. The molecule has 1 N–H and O–H groups in total. The third-order valence-electron chi connectivity index (χ3n) is 6.74. The SMILES string of the molecule is C=S(=O)(N1CCn2ncc(-n3cc(-c4cc(C(=O)NC5CC5)ccc4C)cn3)c2C1)C(C)(C)C. The lowest BCUT2D eigenvalue weighted by Crippen LogP contribution is -2.46. The molecule has 1 aliphatic carbocycles. The Bertz CT molecular complexity index is 1360. The van der Waals surface area contributed by atoms with Crippen LogP contribution < -0.4 is 5.32 Å². The Labute approximate surface area is 201 Å². The van der Waals surface area contributed by atoms with Crippen LogP contribution in [-0.2, 0) is 22.8 Å². The van der Waals surface area contributed by atoms with Crippen LogP contribution in [0.5, 0.6) is 0 Å². The molecule has 1 unspecified atom stereocenters.